The lowest BCUT2D eigenvalue weighted by Crippen LogP contribution is -2.23. The van der Waals surface area contributed by atoms with Crippen LogP contribution in [0.5, 0.6) is 11.5 Å². The van der Waals surface area contributed by atoms with Crippen LogP contribution in [0.2, 0.25) is 0 Å². The maximum atomic E-state index is 13.2. The number of aromatic hydroxyl groups is 1. The van der Waals surface area contributed by atoms with Crippen molar-refractivity contribution in [2.45, 2.75) is 36.0 Å². The van der Waals surface area contributed by atoms with Gasteiger partial charge in [-0.3, -0.25) is 4.79 Å². The Morgan fingerprint density at radius 1 is 1.20 bits per heavy atom. The van der Waals surface area contributed by atoms with Gasteiger partial charge in [-0.2, -0.15) is 0 Å². The highest BCUT2D eigenvalue weighted by molar-refractivity contribution is 7.91. The maximum Gasteiger partial charge on any atom is 0.225 e. The molecular formula is C22H21NO5S2. The largest absolute Gasteiger partial charge is 0.504 e. The SMILES string of the molecule is CCOc1cc([C@H]2CC(=O)Nc3c(S(=O)(=O)c4ccc(C)cc4)csc32)ccc1O. The van der Waals surface area contributed by atoms with E-state index in [0.29, 0.717) is 18.0 Å². The third kappa shape index (κ3) is 3.57. The molecule has 156 valence electrons. The van der Waals surface area contributed by atoms with Gasteiger partial charge in [0.05, 0.1) is 17.2 Å². The Morgan fingerprint density at radius 2 is 1.93 bits per heavy atom. The highest BCUT2D eigenvalue weighted by atomic mass is 32.2. The van der Waals surface area contributed by atoms with Crippen LogP contribution in [0.3, 0.4) is 0 Å². The number of carbonyl (C=O) groups is 1. The minimum absolute atomic E-state index is 0.0231. The molecule has 0 fully saturated rings. The molecule has 0 spiro atoms. The van der Waals surface area contributed by atoms with E-state index in [1.165, 1.54) is 17.4 Å². The predicted molar refractivity (Wildman–Crippen MR) is 115 cm³/mol. The first kappa shape index (κ1) is 20.4. The molecule has 0 unspecified atom stereocenters. The first-order chi connectivity index (χ1) is 14.3. The summed E-state index contributed by atoms with van der Waals surface area (Å²) < 4.78 is 31.9. The Balaban J connectivity index is 1.79. The predicted octanol–water partition coefficient (Wildman–Crippen LogP) is 4.47. The molecule has 3 aromatic rings. The van der Waals surface area contributed by atoms with E-state index in [1.807, 2.05) is 13.8 Å². The van der Waals surface area contributed by atoms with Gasteiger partial charge in [-0.05, 0) is 43.7 Å². The molecule has 1 aliphatic heterocycles. The maximum absolute atomic E-state index is 13.2. The van der Waals surface area contributed by atoms with Gasteiger partial charge in [0.15, 0.2) is 11.5 Å². The number of thiophene rings is 1. The summed E-state index contributed by atoms with van der Waals surface area (Å²) in [5.41, 5.74) is 2.09. The van der Waals surface area contributed by atoms with E-state index in [-0.39, 0.29) is 33.8 Å². The lowest BCUT2D eigenvalue weighted by atomic mass is 9.90. The second kappa shape index (κ2) is 7.77. The molecule has 6 nitrogen and oxygen atoms in total. The summed E-state index contributed by atoms with van der Waals surface area (Å²) in [4.78, 5) is 13.5. The number of carbonyl (C=O) groups excluding carboxylic acids is 1. The van der Waals surface area contributed by atoms with Crippen LogP contribution in [0.15, 0.2) is 57.6 Å². The van der Waals surface area contributed by atoms with Crippen molar-refractivity contribution in [1.29, 1.82) is 0 Å². The van der Waals surface area contributed by atoms with Gasteiger partial charge < -0.3 is 15.2 Å². The Kier molecular flexibility index (Phi) is 5.29. The summed E-state index contributed by atoms with van der Waals surface area (Å²) >= 11 is 1.31. The van der Waals surface area contributed by atoms with Crippen molar-refractivity contribution in [1.82, 2.24) is 0 Å². The fourth-order valence-corrected chi connectivity index (χ4v) is 6.44. The number of ether oxygens (including phenoxy) is 1. The van der Waals surface area contributed by atoms with Crippen LogP contribution in [0, 0.1) is 6.92 Å². The fourth-order valence-electron chi connectivity index (χ4n) is 3.53. The summed E-state index contributed by atoms with van der Waals surface area (Å²) in [5, 5.41) is 14.3. The molecule has 8 heteroatoms. The zero-order chi connectivity index (χ0) is 21.5. The van der Waals surface area contributed by atoms with Gasteiger partial charge in [-0.15, -0.1) is 11.3 Å². The van der Waals surface area contributed by atoms with E-state index in [0.717, 1.165) is 16.0 Å². The van der Waals surface area contributed by atoms with E-state index in [9.17, 15) is 18.3 Å². The Hall–Kier alpha value is -2.84. The third-order valence-corrected chi connectivity index (χ3v) is 8.10. The number of hydrogen-bond acceptors (Lipinski definition) is 6. The van der Waals surface area contributed by atoms with Crippen molar-refractivity contribution >= 4 is 32.8 Å². The summed E-state index contributed by atoms with van der Waals surface area (Å²) in [7, 11) is -3.78. The smallest absolute Gasteiger partial charge is 0.225 e. The van der Waals surface area contributed by atoms with Crippen molar-refractivity contribution < 1.29 is 23.1 Å². The molecular weight excluding hydrogens is 422 g/mol. The van der Waals surface area contributed by atoms with Crippen molar-refractivity contribution in [3.05, 3.63) is 63.8 Å². The zero-order valence-electron chi connectivity index (χ0n) is 16.5. The van der Waals surface area contributed by atoms with Gasteiger partial charge in [0.1, 0.15) is 4.90 Å². The molecule has 0 bridgehead atoms. The average Bonchev–Trinajstić information content (AvgIpc) is 3.14. The molecule has 2 N–H and O–H groups in total. The third-order valence-electron chi connectivity index (χ3n) is 5.06. The van der Waals surface area contributed by atoms with Crippen molar-refractivity contribution in [3.8, 4) is 11.5 Å². The minimum atomic E-state index is -3.78. The van der Waals surface area contributed by atoms with Crippen LogP contribution < -0.4 is 10.1 Å². The second-order valence-electron chi connectivity index (χ2n) is 7.12. The Labute approximate surface area is 179 Å². The van der Waals surface area contributed by atoms with Crippen LogP contribution in [0.25, 0.3) is 0 Å². The van der Waals surface area contributed by atoms with E-state index in [4.69, 9.17) is 4.74 Å². The number of anilines is 1. The van der Waals surface area contributed by atoms with E-state index in [1.54, 1.807) is 41.8 Å². The Bertz CT molecular complexity index is 1210. The molecule has 4 rings (SSSR count). The number of amides is 1. The lowest BCUT2D eigenvalue weighted by molar-refractivity contribution is -0.116. The van der Waals surface area contributed by atoms with Gasteiger partial charge in [0, 0.05) is 22.6 Å². The number of rotatable bonds is 5. The molecule has 0 saturated carbocycles. The van der Waals surface area contributed by atoms with E-state index < -0.39 is 9.84 Å². The number of phenols is 1. The van der Waals surface area contributed by atoms with Crippen molar-refractivity contribution in [2.24, 2.45) is 0 Å². The van der Waals surface area contributed by atoms with Gasteiger partial charge in [-0.1, -0.05) is 23.8 Å². The highest BCUT2D eigenvalue weighted by Gasteiger charge is 2.34. The molecule has 0 radical (unpaired) electrons. The van der Waals surface area contributed by atoms with E-state index in [2.05, 4.69) is 5.32 Å². The number of sulfone groups is 1. The van der Waals surface area contributed by atoms with Gasteiger partial charge in [0.25, 0.3) is 0 Å². The molecule has 2 heterocycles. The van der Waals surface area contributed by atoms with Crippen molar-refractivity contribution in [3.63, 3.8) is 0 Å². The number of benzene rings is 2. The summed E-state index contributed by atoms with van der Waals surface area (Å²) in [6.07, 6.45) is 0.188. The van der Waals surface area contributed by atoms with Crippen LogP contribution in [-0.4, -0.2) is 26.0 Å². The molecule has 0 aliphatic carbocycles. The van der Waals surface area contributed by atoms with Gasteiger partial charge in [0.2, 0.25) is 15.7 Å². The van der Waals surface area contributed by atoms with E-state index >= 15 is 0 Å². The average molecular weight is 444 g/mol. The number of fused-ring (bicyclic) bond motifs is 1. The molecule has 0 saturated heterocycles. The first-order valence-corrected chi connectivity index (χ1v) is 11.9. The standard InChI is InChI=1S/C22H21NO5S2/c1-3-28-18-10-14(6-9-17(18)24)16-11-20(25)23-21-19(12-29-22(16)21)30(26,27)15-7-4-13(2)5-8-15/h4-10,12,16,24H,3,11H2,1-2H3,(H,23,25)/t16-/m1/s1. The number of nitrogens with one attached hydrogen (secondary N) is 1. The lowest BCUT2D eigenvalue weighted by Gasteiger charge is -2.24. The van der Waals surface area contributed by atoms with Crippen molar-refractivity contribution in [2.75, 3.05) is 11.9 Å². The molecule has 30 heavy (non-hydrogen) atoms. The molecule has 1 atom stereocenters. The van der Waals surface area contributed by atoms with Gasteiger partial charge >= 0.3 is 0 Å². The highest BCUT2D eigenvalue weighted by Crippen LogP contribution is 2.46. The van der Waals surface area contributed by atoms with Crippen LogP contribution in [0.4, 0.5) is 5.69 Å². The quantitative estimate of drug-likeness (QED) is 0.607. The first-order valence-electron chi connectivity index (χ1n) is 9.50. The number of phenolic OH excluding ortho intramolecular Hbond substituents is 1. The van der Waals surface area contributed by atoms with Gasteiger partial charge in [-0.25, -0.2) is 8.42 Å². The van der Waals surface area contributed by atoms with Crippen LogP contribution >= 0.6 is 11.3 Å². The van der Waals surface area contributed by atoms with Crippen LogP contribution in [0.1, 0.15) is 35.3 Å². The molecule has 2 aromatic carbocycles. The summed E-state index contributed by atoms with van der Waals surface area (Å²) in [6.45, 7) is 4.10. The van der Waals surface area contributed by atoms with Crippen LogP contribution in [-0.2, 0) is 14.6 Å². The second-order valence-corrected chi connectivity index (χ2v) is 9.95. The molecule has 1 aromatic heterocycles. The number of hydrogen-bond donors (Lipinski definition) is 2. The normalized spacial score (nSPS) is 16.1. The zero-order valence-corrected chi connectivity index (χ0v) is 18.1. The minimum Gasteiger partial charge on any atom is -0.504 e. The topological polar surface area (TPSA) is 92.7 Å². The monoisotopic (exact) mass is 443 g/mol. The Morgan fingerprint density at radius 3 is 2.63 bits per heavy atom. The summed E-state index contributed by atoms with van der Waals surface area (Å²) in [6, 6.07) is 11.6. The number of aryl methyl sites for hydroxylation is 1. The molecule has 1 amide bonds. The fraction of sp³-hybridized carbons (Fsp3) is 0.227. The molecule has 1 aliphatic rings. The summed E-state index contributed by atoms with van der Waals surface area (Å²) in [5.74, 6) is -0.209.